The number of carbonyl (C=O) groups excluding carboxylic acids is 1. The van der Waals surface area contributed by atoms with Gasteiger partial charge < -0.3 is 15.4 Å². The molecular formula is C13H18N2O2. The molecule has 0 bridgehead atoms. The van der Waals surface area contributed by atoms with E-state index in [1.807, 2.05) is 31.2 Å². The van der Waals surface area contributed by atoms with Crippen molar-refractivity contribution in [3.8, 4) is 5.75 Å². The predicted molar refractivity (Wildman–Crippen MR) is 66.1 cm³/mol. The molecule has 0 aromatic heterocycles. The first-order valence-electron chi connectivity index (χ1n) is 5.94. The second-order valence-electron chi connectivity index (χ2n) is 4.31. The van der Waals surface area contributed by atoms with E-state index >= 15 is 0 Å². The SMILES string of the molecule is Cc1ccccc1OCC(=O)NC1CCNC1. The van der Waals surface area contributed by atoms with Crippen molar-refractivity contribution in [2.75, 3.05) is 19.7 Å². The zero-order valence-corrected chi connectivity index (χ0v) is 10.0. The summed E-state index contributed by atoms with van der Waals surface area (Å²) in [5.41, 5.74) is 1.04. The molecule has 1 unspecified atom stereocenters. The molecule has 1 amide bonds. The van der Waals surface area contributed by atoms with Crippen molar-refractivity contribution in [2.45, 2.75) is 19.4 Å². The molecule has 1 fully saturated rings. The number of para-hydroxylation sites is 1. The van der Waals surface area contributed by atoms with Gasteiger partial charge in [0.25, 0.3) is 5.91 Å². The zero-order valence-electron chi connectivity index (χ0n) is 10.0. The summed E-state index contributed by atoms with van der Waals surface area (Å²) in [6, 6.07) is 7.95. The summed E-state index contributed by atoms with van der Waals surface area (Å²) in [5, 5.41) is 6.15. The van der Waals surface area contributed by atoms with Gasteiger partial charge in [-0.05, 0) is 31.5 Å². The maximum absolute atomic E-state index is 11.6. The van der Waals surface area contributed by atoms with Crippen LogP contribution in [0.5, 0.6) is 5.75 Å². The molecule has 1 aliphatic heterocycles. The molecule has 1 aromatic carbocycles. The van der Waals surface area contributed by atoms with E-state index < -0.39 is 0 Å². The van der Waals surface area contributed by atoms with E-state index in [0.29, 0.717) is 0 Å². The number of rotatable bonds is 4. The molecular weight excluding hydrogens is 216 g/mol. The summed E-state index contributed by atoms with van der Waals surface area (Å²) >= 11 is 0. The number of hydrogen-bond acceptors (Lipinski definition) is 3. The molecule has 0 aliphatic carbocycles. The topological polar surface area (TPSA) is 50.4 Å². The maximum Gasteiger partial charge on any atom is 0.258 e. The minimum absolute atomic E-state index is 0.0537. The number of nitrogens with one attached hydrogen (secondary N) is 2. The van der Waals surface area contributed by atoms with Crippen LogP contribution in [0.1, 0.15) is 12.0 Å². The largest absolute Gasteiger partial charge is 0.484 e. The quantitative estimate of drug-likeness (QED) is 0.812. The first-order valence-corrected chi connectivity index (χ1v) is 5.94. The summed E-state index contributed by atoms with van der Waals surface area (Å²) < 4.78 is 5.48. The minimum atomic E-state index is -0.0537. The third-order valence-corrected chi connectivity index (χ3v) is 2.88. The van der Waals surface area contributed by atoms with Gasteiger partial charge in [0.05, 0.1) is 0 Å². The lowest BCUT2D eigenvalue weighted by molar-refractivity contribution is -0.123. The van der Waals surface area contributed by atoms with Crippen molar-refractivity contribution in [2.24, 2.45) is 0 Å². The lowest BCUT2D eigenvalue weighted by Gasteiger charge is -2.12. The van der Waals surface area contributed by atoms with Crippen molar-refractivity contribution in [3.63, 3.8) is 0 Å². The Kier molecular flexibility index (Phi) is 3.98. The molecule has 1 aliphatic rings. The van der Waals surface area contributed by atoms with Crippen LogP contribution in [0, 0.1) is 6.92 Å². The average Bonchev–Trinajstić information content (AvgIpc) is 2.81. The van der Waals surface area contributed by atoms with Gasteiger partial charge in [0.1, 0.15) is 5.75 Å². The molecule has 1 aromatic rings. The highest BCUT2D eigenvalue weighted by Gasteiger charge is 2.16. The highest BCUT2D eigenvalue weighted by molar-refractivity contribution is 5.77. The molecule has 2 N–H and O–H groups in total. The molecule has 1 atom stereocenters. The fourth-order valence-corrected chi connectivity index (χ4v) is 1.91. The first kappa shape index (κ1) is 11.9. The van der Waals surface area contributed by atoms with Crippen molar-refractivity contribution < 1.29 is 9.53 Å². The molecule has 2 rings (SSSR count). The molecule has 0 spiro atoms. The van der Waals surface area contributed by atoms with Gasteiger partial charge in [-0.3, -0.25) is 4.79 Å². The lowest BCUT2D eigenvalue weighted by Crippen LogP contribution is -2.39. The third kappa shape index (κ3) is 3.46. The Morgan fingerprint density at radius 2 is 2.35 bits per heavy atom. The second kappa shape index (κ2) is 5.68. The van der Waals surface area contributed by atoms with Crippen LogP contribution in [0.25, 0.3) is 0 Å². The van der Waals surface area contributed by atoms with Gasteiger partial charge in [0.2, 0.25) is 0 Å². The summed E-state index contributed by atoms with van der Waals surface area (Å²) in [6.07, 6.45) is 0.996. The van der Waals surface area contributed by atoms with Gasteiger partial charge in [-0.1, -0.05) is 18.2 Å². The van der Waals surface area contributed by atoms with Crippen molar-refractivity contribution >= 4 is 5.91 Å². The normalized spacial score (nSPS) is 19.0. The summed E-state index contributed by atoms with van der Waals surface area (Å²) in [6.45, 7) is 3.88. The molecule has 4 nitrogen and oxygen atoms in total. The highest BCUT2D eigenvalue weighted by atomic mass is 16.5. The second-order valence-corrected chi connectivity index (χ2v) is 4.31. The molecule has 0 saturated carbocycles. The molecule has 17 heavy (non-hydrogen) atoms. The van der Waals surface area contributed by atoms with Crippen LogP contribution in [-0.4, -0.2) is 31.6 Å². The Morgan fingerprint density at radius 1 is 1.53 bits per heavy atom. The van der Waals surface area contributed by atoms with E-state index in [9.17, 15) is 4.79 Å². The van der Waals surface area contributed by atoms with E-state index in [4.69, 9.17) is 4.74 Å². The molecule has 1 heterocycles. The number of ether oxygens (including phenoxy) is 1. The Labute approximate surface area is 101 Å². The molecule has 0 radical (unpaired) electrons. The van der Waals surface area contributed by atoms with Gasteiger partial charge in [0, 0.05) is 12.6 Å². The number of hydrogen-bond donors (Lipinski definition) is 2. The van der Waals surface area contributed by atoms with E-state index in [0.717, 1.165) is 30.8 Å². The summed E-state index contributed by atoms with van der Waals surface area (Å²) in [7, 11) is 0. The fraction of sp³-hybridized carbons (Fsp3) is 0.462. The van der Waals surface area contributed by atoms with Crippen LogP contribution in [-0.2, 0) is 4.79 Å². The average molecular weight is 234 g/mol. The number of carbonyl (C=O) groups is 1. The van der Waals surface area contributed by atoms with Gasteiger partial charge in [-0.2, -0.15) is 0 Å². The third-order valence-electron chi connectivity index (χ3n) is 2.88. The summed E-state index contributed by atoms with van der Waals surface area (Å²) in [4.78, 5) is 11.6. The van der Waals surface area contributed by atoms with E-state index in [2.05, 4.69) is 10.6 Å². The van der Waals surface area contributed by atoms with Crippen LogP contribution in [0.4, 0.5) is 0 Å². The van der Waals surface area contributed by atoms with Crippen LogP contribution in [0.15, 0.2) is 24.3 Å². The lowest BCUT2D eigenvalue weighted by atomic mass is 10.2. The van der Waals surface area contributed by atoms with E-state index in [-0.39, 0.29) is 18.6 Å². The Morgan fingerprint density at radius 3 is 3.06 bits per heavy atom. The molecule has 92 valence electrons. The van der Waals surface area contributed by atoms with E-state index in [1.165, 1.54) is 0 Å². The van der Waals surface area contributed by atoms with Gasteiger partial charge in [-0.25, -0.2) is 0 Å². The Hall–Kier alpha value is -1.55. The number of amides is 1. The standard InChI is InChI=1S/C13H18N2O2/c1-10-4-2-3-5-12(10)17-9-13(16)15-11-6-7-14-8-11/h2-5,11,14H,6-9H2,1H3,(H,15,16). The van der Waals surface area contributed by atoms with Crippen LogP contribution in [0.3, 0.4) is 0 Å². The van der Waals surface area contributed by atoms with Crippen LogP contribution < -0.4 is 15.4 Å². The van der Waals surface area contributed by atoms with E-state index in [1.54, 1.807) is 0 Å². The van der Waals surface area contributed by atoms with Gasteiger partial charge >= 0.3 is 0 Å². The Balaban J connectivity index is 1.77. The number of benzene rings is 1. The maximum atomic E-state index is 11.6. The predicted octanol–water partition coefficient (Wildman–Crippen LogP) is 0.852. The van der Waals surface area contributed by atoms with Gasteiger partial charge in [-0.15, -0.1) is 0 Å². The zero-order chi connectivity index (χ0) is 12.1. The van der Waals surface area contributed by atoms with Crippen LogP contribution >= 0.6 is 0 Å². The first-order chi connectivity index (χ1) is 8.25. The van der Waals surface area contributed by atoms with Crippen LogP contribution in [0.2, 0.25) is 0 Å². The van der Waals surface area contributed by atoms with Crippen molar-refractivity contribution in [1.29, 1.82) is 0 Å². The van der Waals surface area contributed by atoms with Crippen molar-refractivity contribution in [3.05, 3.63) is 29.8 Å². The van der Waals surface area contributed by atoms with Crippen molar-refractivity contribution in [1.82, 2.24) is 10.6 Å². The highest BCUT2D eigenvalue weighted by Crippen LogP contribution is 2.15. The monoisotopic (exact) mass is 234 g/mol. The molecule has 4 heteroatoms. The Bertz CT molecular complexity index is 387. The number of aryl methyl sites for hydroxylation is 1. The summed E-state index contributed by atoms with van der Waals surface area (Å²) in [5.74, 6) is 0.717. The fourth-order valence-electron chi connectivity index (χ4n) is 1.91. The van der Waals surface area contributed by atoms with Gasteiger partial charge in [0.15, 0.2) is 6.61 Å². The molecule has 1 saturated heterocycles. The minimum Gasteiger partial charge on any atom is -0.484 e. The smallest absolute Gasteiger partial charge is 0.258 e.